The predicted octanol–water partition coefficient (Wildman–Crippen LogP) is 2.83. The van der Waals surface area contributed by atoms with Crippen LogP contribution in [0.5, 0.6) is 0 Å². The molecule has 3 aliphatic rings. The Hall–Kier alpha value is -2.43. The Morgan fingerprint density at radius 1 is 1.14 bits per heavy atom. The summed E-state index contributed by atoms with van der Waals surface area (Å²) >= 11 is 0. The molecule has 1 aliphatic carbocycles. The molecule has 0 aromatic carbocycles. The van der Waals surface area contributed by atoms with Crippen molar-refractivity contribution in [3.05, 3.63) is 12.2 Å². The van der Waals surface area contributed by atoms with Gasteiger partial charge in [-0.1, -0.05) is 44.8 Å². The summed E-state index contributed by atoms with van der Waals surface area (Å²) in [5.41, 5.74) is -0.401. The molecular weight excluding hydrogens is 482 g/mol. The molecule has 1 saturated heterocycles. The summed E-state index contributed by atoms with van der Waals surface area (Å²) < 4.78 is 5.90. The molecule has 206 valence electrons. The van der Waals surface area contributed by atoms with Gasteiger partial charge in [0, 0.05) is 36.3 Å². The molecule has 0 aromatic rings. The molecule has 1 saturated carbocycles. The summed E-state index contributed by atoms with van der Waals surface area (Å²) in [6.07, 6.45) is 6.71. The summed E-state index contributed by atoms with van der Waals surface area (Å²) in [5.74, 6) is -5.43. The molecular formula is C27H39NO9. The van der Waals surface area contributed by atoms with E-state index in [0.29, 0.717) is 25.0 Å². The molecule has 2 heterocycles. The Morgan fingerprint density at radius 3 is 2.51 bits per heavy atom. The van der Waals surface area contributed by atoms with E-state index < -0.39 is 53.0 Å². The number of unbranched alkanes of at least 4 members (excludes halogenated alkanes) is 4. The molecule has 2 bridgehead atoms. The number of ether oxygens (including phenoxy) is 1. The van der Waals surface area contributed by atoms with Gasteiger partial charge in [0.25, 0.3) is 0 Å². The fraction of sp³-hybridized carbons (Fsp3) is 0.741. The highest BCUT2D eigenvalue weighted by atomic mass is 16.6. The van der Waals surface area contributed by atoms with Crippen molar-refractivity contribution in [2.45, 2.75) is 114 Å². The van der Waals surface area contributed by atoms with Crippen molar-refractivity contribution < 1.29 is 44.3 Å². The first-order valence-electron chi connectivity index (χ1n) is 13.3. The van der Waals surface area contributed by atoms with Crippen molar-refractivity contribution in [1.82, 2.24) is 0 Å². The lowest BCUT2D eigenvalue weighted by Crippen LogP contribution is -2.64. The number of carbonyl (C=O) groups excluding carboxylic acids is 2. The van der Waals surface area contributed by atoms with Crippen molar-refractivity contribution >= 4 is 29.2 Å². The Balaban J connectivity index is 1.70. The van der Waals surface area contributed by atoms with Crippen LogP contribution < -0.4 is 0 Å². The summed E-state index contributed by atoms with van der Waals surface area (Å²) in [7, 11) is 0. The highest BCUT2D eigenvalue weighted by molar-refractivity contribution is 6.12. The average Bonchev–Trinajstić information content (AvgIpc) is 3.18. The summed E-state index contributed by atoms with van der Waals surface area (Å²) in [4.78, 5) is 52.5. The minimum Gasteiger partial charge on any atom is -0.481 e. The minimum absolute atomic E-state index is 0.0821. The molecule has 4 N–H and O–H groups in total. The molecule has 2 fully saturated rings. The third kappa shape index (κ3) is 6.72. The number of nitrogens with zero attached hydrogens (tertiary/aromatic N) is 1. The number of hydrogen-bond donors (Lipinski definition) is 4. The monoisotopic (exact) mass is 521 g/mol. The van der Waals surface area contributed by atoms with Crippen LogP contribution in [0, 0.1) is 11.3 Å². The summed E-state index contributed by atoms with van der Waals surface area (Å²) in [5, 5.41) is 40.0. The zero-order valence-electron chi connectivity index (χ0n) is 21.4. The minimum atomic E-state index is -2.11. The van der Waals surface area contributed by atoms with Crippen LogP contribution in [0.25, 0.3) is 0 Å². The molecule has 3 rings (SSSR count). The lowest BCUT2D eigenvalue weighted by Gasteiger charge is -2.54. The van der Waals surface area contributed by atoms with Crippen molar-refractivity contribution in [3.63, 3.8) is 0 Å². The number of aliphatic hydroxyl groups excluding tert-OH is 1. The average molecular weight is 522 g/mol. The van der Waals surface area contributed by atoms with Gasteiger partial charge in [-0.2, -0.15) is 0 Å². The molecule has 37 heavy (non-hydrogen) atoms. The van der Waals surface area contributed by atoms with Crippen molar-refractivity contribution in [1.29, 1.82) is 0 Å². The quantitative estimate of drug-likeness (QED) is 0.187. The van der Waals surface area contributed by atoms with Gasteiger partial charge >= 0.3 is 11.9 Å². The zero-order valence-corrected chi connectivity index (χ0v) is 21.4. The number of ketones is 2. The van der Waals surface area contributed by atoms with Gasteiger partial charge in [-0.05, 0) is 32.1 Å². The molecule has 1 spiro atoms. The summed E-state index contributed by atoms with van der Waals surface area (Å²) in [6.45, 7) is 1.98. The van der Waals surface area contributed by atoms with Gasteiger partial charge < -0.3 is 25.2 Å². The van der Waals surface area contributed by atoms with E-state index in [1.165, 1.54) is 0 Å². The van der Waals surface area contributed by atoms with Gasteiger partial charge in [0.05, 0.1) is 12.5 Å². The number of fused-ring (bicyclic) bond motifs is 1. The number of aliphatic imine (C=N–C) groups is 1. The predicted molar refractivity (Wildman–Crippen MR) is 133 cm³/mol. The van der Waals surface area contributed by atoms with Crippen LogP contribution >= 0.6 is 0 Å². The molecule has 0 amide bonds. The van der Waals surface area contributed by atoms with Gasteiger partial charge in [-0.15, -0.1) is 0 Å². The molecule has 2 aliphatic heterocycles. The molecule has 0 radical (unpaired) electrons. The van der Waals surface area contributed by atoms with Crippen LogP contribution in [0.4, 0.5) is 0 Å². The van der Waals surface area contributed by atoms with Gasteiger partial charge in [0.1, 0.15) is 12.1 Å². The van der Waals surface area contributed by atoms with E-state index in [4.69, 9.17) is 9.84 Å². The fourth-order valence-electron chi connectivity index (χ4n) is 6.08. The molecule has 10 heteroatoms. The largest absolute Gasteiger partial charge is 0.481 e. The fourth-order valence-corrected chi connectivity index (χ4v) is 6.08. The standard InChI is InChI=1S/C27H39NO9/c1-2-3-7-10-17-21(13-20(30)19(29)11-8-5-4-6-9-12-24(32)33)37-27(36)16-26(17)15-18(25(34)35)28-22(26)14-23(27)31/h3,7,17-19,21,29,36H,2,4-6,8-16H2,1H3,(H,32,33)(H,34,35)/t17-,18-,19+,21-,26?,27-/m0/s1. The van der Waals surface area contributed by atoms with E-state index in [2.05, 4.69) is 4.99 Å². The second kappa shape index (κ2) is 12.4. The Bertz CT molecular complexity index is 944. The topological polar surface area (TPSA) is 171 Å². The van der Waals surface area contributed by atoms with E-state index in [-0.39, 0.29) is 44.4 Å². The zero-order chi connectivity index (χ0) is 27.2. The lowest BCUT2D eigenvalue weighted by atomic mass is 9.56. The number of carbonyl (C=O) groups is 4. The molecule has 6 atom stereocenters. The van der Waals surface area contributed by atoms with Gasteiger partial charge in [0.2, 0.25) is 5.79 Å². The van der Waals surface area contributed by atoms with Crippen LogP contribution in [0.15, 0.2) is 17.1 Å². The molecule has 10 nitrogen and oxygen atoms in total. The van der Waals surface area contributed by atoms with E-state index in [0.717, 1.165) is 25.7 Å². The second-order valence-corrected chi connectivity index (χ2v) is 10.6. The number of aliphatic carboxylic acids is 2. The first-order valence-corrected chi connectivity index (χ1v) is 13.3. The Labute approximate surface area is 216 Å². The van der Waals surface area contributed by atoms with E-state index in [1.807, 2.05) is 19.1 Å². The Kier molecular flexibility index (Phi) is 9.77. The van der Waals surface area contributed by atoms with E-state index >= 15 is 0 Å². The lowest BCUT2D eigenvalue weighted by molar-refractivity contribution is -0.278. The first kappa shape index (κ1) is 29.1. The van der Waals surface area contributed by atoms with Crippen LogP contribution in [0.3, 0.4) is 0 Å². The second-order valence-electron chi connectivity index (χ2n) is 10.6. The number of aliphatic hydroxyl groups is 2. The maximum Gasteiger partial charge on any atom is 0.328 e. The van der Waals surface area contributed by atoms with E-state index in [9.17, 15) is 34.5 Å². The summed E-state index contributed by atoms with van der Waals surface area (Å²) in [6, 6.07) is -1.02. The van der Waals surface area contributed by atoms with Crippen LogP contribution in [0.1, 0.15) is 90.4 Å². The van der Waals surface area contributed by atoms with Crippen molar-refractivity contribution in [3.8, 4) is 0 Å². The molecule has 0 aromatic heterocycles. The van der Waals surface area contributed by atoms with Gasteiger partial charge in [-0.3, -0.25) is 19.4 Å². The third-order valence-corrected chi connectivity index (χ3v) is 7.99. The number of hydrogen-bond acceptors (Lipinski definition) is 8. The first-order chi connectivity index (χ1) is 17.5. The van der Waals surface area contributed by atoms with E-state index in [1.54, 1.807) is 0 Å². The third-order valence-electron chi connectivity index (χ3n) is 7.99. The number of carboxylic acids is 2. The smallest absolute Gasteiger partial charge is 0.328 e. The number of Topliss-reactive ketones (excluding diaryl/α,β-unsaturated/α-hetero) is 2. The highest BCUT2D eigenvalue weighted by Gasteiger charge is 2.65. The van der Waals surface area contributed by atoms with Gasteiger partial charge in [0.15, 0.2) is 11.6 Å². The maximum atomic E-state index is 13.0. The SMILES string of the molecule is CCC=CC[C@H]1[C@H](CC(=O)[C@H](O)CCCCCCCC(=O)O)O[C@@]2(O)CC13C[C@@H](C(=O)O)N=C3CC2=O. The normalized spacial score (nSPS) is 31.7. The van der Waals surface area contributed by atoms with Crippen LogP contribution in [0.2, 0.25) is 0 Å². The Morgan fingerprint density at radius 2 is 1.84 bits per heavy atom. The number of allylic oxidation sites excluding steroid dienone is 2. The van der Waals surface area contributed by atoms with Crippen molar-refractivity contribution in [2.75, 3.05) is 0 Å². The van der Waals surface area contributed by atoms with Crippen molar-refractivity contribution in [2.24, 2.45) is 16.3 Å². The molecule has 1 unspecified atom stereocenters. The van der Waals surface area contributed by atoms with Crippen LogP contribution in [-0.2, 0) is 23.9 Å². The maximum absolute atomic E-state index is 13.0. The number of carboxylic acid groups (broad SMARTS) is 2. The number of rotatable bonds is 15. The highest BCUT2D eigenvalue weighted by Crippen LogP contribution is 2.57. The van der Waals surface area contributed by atoms with Crippen LogP contribution in [-0.4, -0.2) is 73.7 Å². The van der Waals surface area contributed by atoms with Gasteiger partial charge in [-0.25, -0.2) is 4.79 Å².